The molecule has 0 radical (unpaired) electrons. The van der Waals surface area contributed by atoms with E-state index in [1.165, 1.54) is 24.3 Å². The third kappa shape index (κ3) is 4.52. The first-order valence-corrected chi connectivity index (χ1v) is 16.1. The fourth-order valence-corrected chi connectivity index (χ4v) is 8.52. The third-order valence-electron chi connectivity index (χ3n) is 10.8. The number of nitrogens with zero attached hydrogens (tertiary/aromatic N) is 4. The normalized spacial score (nSPS) is 27.0. The largest absolute Gasteiger partial charge is 0.508 e. The van der Waals surface area contributed by atoms with Gasteiger partial charge < -0.3 is 24.6 Å². The number of benzene rings is 3. The summed E-state index contributed by atoms with van der Waals surface area (Å²) in [5.41, 5.74) is -1.16. The molecule has 0 aliphatic carbocycles. The van der Waals surface area contributed by atoms with Crippen molar-refractivity contribution in [2.24, 2.45) is 0 Å². The van der Waals surface area contributed by atoms with E-state index in [9.17, 15) is 14.6 Å². The van der Waals surface area contributed by atoms with Crippen LogP contribution in [0.3, 0.4) is 0 Å². The van der Waals surface area contributed by atoms with Crippen LogP contribution in [0.1, 0.15) is 50.2 Å². The van der Waals surface area contributed by atoms with Gasteiger partial charge >= 0.3 is 6.01 Å². The first kappa shape index (κ1) is 30.1. The minimum atomic E-state index is -1.13. The van der Waals surface area contributed by atoms with E-state index in [1.54, 1.807) is 13.8 Å². The van der Waals surface area contributed by atoms with Gasteiger partial charge in [0.1, 0.15) is 48.0 Å². The highest BCUT2D eigenvalue weighted by Gasteiger charge is 2.50. The summed E-state index contributed by atoms with van der Waals surface area (Å²) in [6.07, 6.45) is 8.07. The molecular weight excluding hydrogens is 609 g/mol. The molecule has 0 bridgehead atoms. The Kier molecular flexibility index (Phi) is 6.80. The number of ether oxygens (including phenoxy) is 2. The summed E-state index contributed by atoms with van der Waals surface area (Å²) < 4.78 is 59.5. The Bertz CT molecular complexity index is 2010. The maximum Gasteiger partial charge on any atom is 0.319 e. The molecule has 0 spiro atoms. The number of anilines is 1. The van der Waals surface area contributed by atoms with Crippen LogP contribution in [-0.2, 0) is 0 Å². The number of alkyl halides is 1. The maximum absolute atomic E-state index is 17.3. The lowest BCUT2D eigenvalue weighted by molar-refractivity contribution is -0.00678. The molecule has 4 atom stereocenters. The predicted molar refractivity (Wildman–Crippen MR) is 172 cm³/mol. The highest BCUT2D eigenvalue weighted by molar-refractivity contribution is 6.07. The van der Waals surface area contributed by atoms with E-state index in [2.05, 4.69) is 15.8 Å². The van der Waals surface area contributed by atoms with Gasteiger partial charge in [-0.3, -0.25) is 4.90 Å². The molecule has 1 aromatic heterocycles. The molecule has 3 fully saturated rings. The molecule has 244 valence electrons. The Balaban J connectivity index is 1.37. The monoisotopic (exact) mass is 644 g/mol. The van der Waals surface area contributed by atoms with Crippen molar-refractivity contribution < 1.29 is 32.9 Å². The number of phenols is 1. The zero-order chi connectivity index (χ0) is 32.8. The topological polar surface area (TPSA) is 91.2 Å². The van der Waals surface area contributed by atoms with Crippen molar-refractivity contribution in [1.82, 2.24) is 14.9 Å². The van der Waals surface area contributed by atoms with Crippen molar-refractivity contribution in [3.05, 3.63) is 47.0 Å². The number of terminal acetylenes is 1. The maximum atomic E-state index is 17.3. The second kappa shape index (κ2) is 10.6. The van der Waals surface area contributed by atoms with Crippen LogP contribution in [0.4, 0.5) is 19.0 Å². The fraction of sp³-hybridized carbons (Fsp3) is 0.444. The number of aromatic hydroxyl groups is 1. The molecule has 0 unspecified atom stereocenters. The van der Waals surface area contributed by atoms with E-state index in [1.807, 2.05) is 4.90 Å². The molecule has 4 aliphatic heterocycles. The van der Waals surface area contributed by atoms with E-state index >= 15 is 8.78 Å². The van der Waals surface area contributed by atoms with Crippen LogP contribution in [0.2, 0.25) is 0 Å². The third-order valence-corrected chi connectivity index (χ3v) is 10.8. The molecule has 8 nitrogen and oxygen atoms in total. The van der Waals surface area contributed by atoms with Crippen LogP contribution < -0.4 is 14.4 Å². The minimum absolute atomic E-state index is 0.0364. The second-order valence-corrected chi connectivity index (χ2v) is 13.7. The minimum Gasteiger partial charge on any atom is -0.508 e. The Morgan fingerprint density at radius 2 is 1.96 bits per heavy atom. The van der Waals surface area contributed by atoms with Crippen LogP contribution in [0.5, 0.6) is 17.5 Å². The Morgan fingerprint density at radius 1 is 1.15 bits per heavy atom. The number of hydrogen-bond acceptors (Lipinski definition) is 8. The second-order valence-electron chi connectivity index (χ2n) is 13.7. The summed E-state index contributed by atoms with van der Waals surface area (Å²) in [5, 5.41) is 23.2. The van der Waals surface area contributed by atoms with Crippen LogP contribution >= 0.6 is 0 Å². The molecule has 2 N–H and O–H groups in total. The molecule has 8 rings (SSSR count). The molecule has 4 aliphatic rings. The summed E-state index contributed by atoms with van der Waals surface area (Å²) in [7, 11) is 0. The number of rotatable bonds is 4. The van der Waals surface area contributed by atoms with E-state index < -0.39 is 35.0 Å². The zero-order valence-corrected chi connectivity index (χ0v) is 26.2. The first-order valence-electron chi connectivity index (χ1n) is 16.1. The first-order chi connectivity index (χ1) is 22.5. The Labute approximate surface area is 270 Å². The van der Waals surface area contributed by atoms with Gasteiger partial charge in [-0.1, -0.05) is 12.0 Å². The lowest BCUT2D eigenvalue weighted by atomic mass is 9.86. The standard InChI is InChI=1S/C36H35F3N4O4/c1-4-23-25(38)8-7-20-13-22(44)14-24(28(20)23)27-19(2)32-29-31(30(27)39)40-34(47-18-36-10-6-11-42(36)16-21(37)15-36)41-33(29)43-12-5-9-35(3,45)26(43)17-46-32/h1,7-8,13-14,21,26,44-45H,5-6,9-12,15-18H2,2-3H3/t21-,26-,35-,36+/m1/s1. The summed E-state index contributed by atoms with van der Waals surface area (Å²) in [6.45, 7) is 5.36. The van der Waals surface area contributed by atoms with Gasteiger partial charge in [-0.25, -0.2) is 13.2 Å². The number of piperidine rings is 1. The lowest BCUT2D eigenvalue weighted by Crippen LogP contribution is -2.58. The van der Waals surface area contributed by atoms with Gasteiger partial charge in [-0.2, -0.15) is 9.97 Å². The summed E-state index contributed by atoms with van der Waals surface area (Å²) in [5.74, 6) is 1.54. The highest BCUT2D eigenvalue weighted by atomic mass is 19.1. The number of aromatic nitrogens is 2. The molecule has 47 heavy (non-hydrogen) atoms. The van der Waals surface area contributed by atoms with Gasteiger partial charge in [0.25, 0.3) is 0 Å². The molecule has 0 amide bonds. The summed E-state index contributed by atoms with van der Waals surface area (Å²) in [6, 6.07) is 4.93. The van der Waals surface area contributed by atoms with Gasteiger partial charge in [-0.15, -0.1) is 6.42 Å². The molecule has 5 heterocycles. The van der Waals surface area contributed by atoms with Crippen molar-refractivity contribution in [2.45, 2.75) is 69.3 Å². The van der Waals surface area contributed by atoms with Crippen LogP contribution in [-0.4, -0.2) is 81.3 Å². The van der Waals surface area contributed by atoms with Gasteiger partial charge in [-0.05, 0) is 75.2 Å². The van der Waals surface area contributed by atoms with Crippen molar-refractivity contribution in [2.75, 3.05) is 37.7 Å². The van der Waals surface area contributed by atoms with E-state index in [4.69, 9.17) is 20.9 Å². The highest BCUT2D eigenvalue weighted by Crippen LogP contribution is 2.49. The molecule has 11 heteroatoms. The quantitative estimate of drug-likeness (QED) is 0.270. The Morgan fingerprint density at radius 3 is 2.77 bits per heavy atom. The van der Waals surface area contributed by atoms with Crippen molar-refractivity contribution in [3.63, 3.8) is 0 Å². The van der Waals surface area contributed by atoms with Crippen molar-refractivity contribution >= 4 is 27.5 Å². The van der Waals surface area contributed by atoms with Crippen LogP contribution in [0, 0.1) is 30.9 Å². The number of fused-ring (bicyclic) bond motifs is 4. The fourth-order valence-electron chi connectivity index (χ4n) is 8.52. The average molecular weight is 645 g/mol. The Hall–Kier alpha value is -4.27. The zero-order valence-electron chi connectivity index (χ0n) is 26.2. The van der Waals surface area contributed by atoms with Crippen LogP contribution in [0.25, 0.3) is 32.8 Å². The smallest absolute Gasteiger partial charge is 0.319 e. The van der Waals surface area contributed by atoms with Crippen molar-refractivity contribution in [1.29, 1.82) is 0 Å². The van der Waals surface area contributed by atoms with Crippen molar-refractivity contribution in [3.8, 4) is 41.0 Å². The van der Waals surface area contributed by atoms with Gasteiger partial charge in [0.2, 0.25) is 0 Å². The number of hydrogen-bond donors (Lipinski definition) is 2. The van der Waals surface area contributed by atoms with Gasteiger partial charge in [0, 0.05) is 36.0 Å². The lowest BCUT2D eigenvalue weighted by Gasteiger charge is -2.44. The number of aliphatic hydroxyl groups is 1. The molecule has 3 aromatic carbocycles. The van der Waals surface area contributed by atoms with E-state index in [-0.39, 0.29) is 52.6 Å². The number of phenolic OH excluding ortho intramolecular Hbond substituents is 1. The average Bonchev–Trinajstić information content (AvgIpc) is 3.49. The molecule has 3 saturated heterocycles. The van der Waals surface area contributed by atoms with E-state index in [0.717, 1.165) is 19.4 Å². The van der Waals surface area contributed by atoms with Gasteiger partial charge in [0.15, 0.2) is 5.82 Å². The van der Waals surface area contributed by atoms with Crippen LogP contribution in [0.15, 0.2) is 24.3 Å². The summed E-state index contributed by atoms with van der Waals surface area (Å²) >= 11 is 0. The predicted octanol–water partition coefficient (Wildman–Crippen LogP) is 5.79. The molecule has 0 saturated carbocycles. The molecule has 4 aromatic rings. The van der Waals surface area contributed by atoms with E-state index in [0.29, 0.717) is 60.3 Å². The SMILES string of the molecule is C#Cc1c(F)ccc2cc(O)cc(-c3c(C)c4c5c(nc(OC[C@@]67CCCN6C[C@H](F)C7)nc5c3F)N3CCC[C@@](C)(O)[C@H]3CO4)c12. The van der Waals surface area contributed by atoms with Gasteiger partial charge in [0.05, 0.1) is 28.1 Å². The molecular formula is C36H35F3N4O4. The number of halogens is 3. The summed E-state index contributed by atoms with van der Waals surface area (Å²) in [4.78, 5) is 13.5.